The summed E-state index contributed by atoms with van der Waals surface area (Å²) in [5.41, 5.74) is -0.277. The Morgan fingerprint density at radius 3 is 2.19 bits per heavy atom. The zero-order chi connectivity index (χ0) is 32.1. The average molecular weight is 659 g/mol. The first-order valence-corrected chi connectivity index (χ1v) is 15.5. The van der Waals surface area contributed by atoms with Crippen LogP contribution in [0, 0.1) is 12.8 Å². The number of hydrogen-bond acceptors (Lipinski definition) is 4. The van der Waals surface area contributed by atoms with Crippen molar-refractivity contribution in [2.75, 3.05) is 17.4 Å². The largest absolute Gasteiger partial charge is 0.416 e. The molecule has 1 N–H and O–H groups in total. The first-order chi connectivity index (χ1) is 20.0. The Kier molecular flexibility index (Phi) is 11.1. The van der Waals surface area contributed by atoms with Crippen LogP contribution >= 0.6 is 23.2 Å². The highest BCUT2D eigenvalue weighted by atomic mass is 35.5. The maximum atomic E-state index is 14.0. The third kappa shape index (κ3) is 8.87. The second-order valence-corrected chi connectivity index (χ2v) is 13.2. The second-order valence-electron chi connectivity index (χ2n) is 10.4. The van der Waals surface area contributed by atoms with Crippen molar-refractivity contribution >= 4 is 50.7 Å². The fourth-order valence-electron chi connectivity index (χ4n) is 4.07. The number of halogens is 5. The molecule has 0 bridgehead atoms. The van der Waals surface area contributed by atoms with Crippen molar-refractivity contribution in [1.29, 1.82) is 0 Å². The van der Waals surface area contributed by atoms with Gasteiger partial charge in [-0.2, -0.15) is 13.2 Å². The first kappa shape index (κ1) is 34.2. The molecule has 0 saturated carbocycles. The number of alkyl halides is 3. The molecule has 0 radical (unpaired) electrons. The van der Waals surface area contributed by atoms with Gasteiger partial charge in [0, 0.05) is 23.1 Å². The normalized spacial score (nSPS) is 12.6. The molecule has 0 aliphatic rings. The molecule has 0 aliphatic heterocycles. The predicted molar refractivity (Wildman–Crippen MR) is 161 cm³/mol. The van der Waals surface area contributed by atoms with Crippen molar-refractivity contribution in [3.8, 4) is 0 Å². The lowest BCUT2D eigenvalue weighted by Gasteiger charge is -2.32. The zero-order valence-corrected chi connectivity index (χ0v) is 26.3. The Morgan fingerprint density at radius 2 is 1.60 bits per heavy atom. The summed E-state index contributed by atoms with van der Waals surface area (Å²) >= 11 is 12.4. The quantitative estimate of drug-likeness (QED) is 0.248. The van der Waals surface area contributed by atoms with Crippen LogP contribution in [0.25, 0.3) is 0 Å². The molecule has 3 rings (SSSR count). The number of nitrogens with zero attached hydrogens (tertiary/aromatic N) is 2. The lowest BCUT2D eigenvalue weighted by atomic mass is 10.1. The van der Waals surface area contributed by atoms with Gasteiger partial charge in [0.2, 0.25) is 11.8 Å². The Labute approximate surface area is 259 Å². The Morgan fingerprint density at radius 1 is 0.953 bits per heavy atom. The number of hydrogen-bond donors (Lipinski definition) is 1. The maximum Gasteiger partial charge on any atom is 0.416 e. The smallest absolute Gasteiger partial charge is 0.354 e. The number of carbonyl (C=O) groups is 2. The molecule has 3 aromatic carbocycles. The van der Waals surface area contributed by atoms with Crippen LogP contribution in [-0.2, 0) is 32.3 Å². The van der Waals surface area contributed by atoms with Gasteiger partial charge in [-0.05, 0) is 67.8 Å². The van der Waals surface area contributed by atoms with Crippen LogP contribution in [0.4, 0.5) is 18.9 Å². The van der Waals surface area contributed by atoms with Gasteiger partial charge in [0.25, 0.3) is 10.0 Å². The minimum absolute atomic E-state index is 0.113. The summed E-state index contributed by atoms with van der Waals surface area (Å²) in [5, 5.41) is 3.31. The number of carbonyl (C=O) groups excluding carboxylic acids is 2. The third-order valence-corrected chi connectivity index (χ3v) is 8.93. The molecule has 3 aromatic rings. The van der Waals surface area contributed by atoms with Crippen molar-refractivity contribution in [3.63, 3.8) is 0 Å². The predicted octanol–water partition coefficient (Wildman–Crippen LogP) is 6.71. The van der Waals surface area contributed by atoms with Crippen molar-refractivity contribution < 1.29 is 31.2 Å². The molecule has 0 aromatic heterocycles. The molecule has 0 spiro atoms. The summed E-state index contributed by atoms with van der Waals surface area (Å²) < 4.78 is 69.1. The van der Waals surface area contributed by atoms with E-state index >= 15 is 0 Å². The van der Waals surface area contributed by atoms with Crippen molar-refractivity contribution in [2.24, 2.45) is 5.92 Å². The lowest BCUT2D eigenvalue weighted by Crippen LogP contribution is -2.51. The summed E-state index contributed by atoms with van der Waals surface area (Å²) in [5.74, 6) is -1.23. The monoisotopic (exact) mass is 657 g/mol. The van der Waals surface area contributed by atoms with Crippen molar-refractivity contribution in [3.05, 3.63) is 93.5 Å². The molecular weight excluding hydrogens is 626 g/mol. The van der Waals surface area contributed by atoms with Crippen molar-refractivity contribution in [2.45, 2.75) is 51.4 Å². The van der Waals surface area contributed by atoms with Gasteiger partial charge in [0.15, 0.2) is 0 Å². The third-order valence-electron chi connectivity index (χ3n) is 6.56. The summed E-state index contributed by atoms with van der Waals surface area (Å²) in [7, 11) is -4.54. The summed E-state index contributed by atoms with van der Waals surface area (Å²) in [6.45, 7) is 6.23. The number of anilines is 1. The Balaban J connectivity index is 2.10. The van der Waals surface area contributed by atoms with Gasteiger partial charge in [-0.1, -0.05) is 66.9 Å². The van der Waals surface area contributed by atoms with Crippen LogP contribution in [0.15, 0.2) is 71.6 Å². The molecule has 232 valence electrons. The maximum absolute atomic E-state index is 14.0. The SMILES string of the molecule is Cc1ccc(S(=O)(=O)N(CC(=O)N(Cc2ccc(Cl)cc2Cl)C(C)C(=O)NCC(C)C)c2cccc(C(F)(F)F)c2)cc1. The highest BCUT2D eigenvalue weighted by Crippen LogP contribution is 2.33. The Bertz CT molecular complexity index is 1570. The summed E-state index contributed by atoms with van der Waals surface area (Å²) in [6.07, 6.45) is -4.76. The molecule has 43 heavy (non-hydrogen) atoms. The minimum Gasteiger partial charge on any atom is -0.354 e. The van der Waals surface area contributed by atoms with Gasteiger partial charge in [0.05, 0.1) is 16.1 Å². The van der Waals surface area contributed by atoms with E-state index < -0.39 is 46.2 Å². The molecule has 0 saturated heterocycles. The van der Waals surface area contributed by atoms with Crippen LogP contribution < -0.4 is 9.62 Å². The molecule has 7 nitrogen and oxygen atoms in total. The van der Waals surface area contributed by atoms with Gasteiger partial charge >= 0.3 is 6.18 Å². The fourth-order valence-corrected chi connectivity index (χ4v) is 5.95. The highest BCUT2D eigenvalue weighted by Gasteiger charge is 2.35. The molecule has 1 unspecified atom stereocenters. The summed E-state index contributed by atoms with van der Waals surface area (Å²) in [6, 6.07) is 12.9. The van der Waals surface area contributed by atoms with Gasteiger partial charge in [-0.15, -0.1) is 0 Å². The van der Waals surface area contributed by atoms with Crippen LogP contribution in [0.2, 0.25) is 10.0 Å². The van der Waals surface area contributed by atoms with Crippen LogP contribution in [0.5, 0.6) is 0 Å². The van der Waals surface area contributed by atoms with Gasteiger partial charge in [0.1, 0.15) is 12.6 Å². The molecule has 0 aliphatic carbocycles. The van der Waals surface area contributed by atoms with Gasteiger partial charge in [-0.25, -0.2) is 8.42 Å². The topological polar surface area (TPSA) is 86.8 Å². The molecule has 0 heterocycles. The van der Waals surface area contributed by atoms with E-state index in [2.05, 4.69) is 5.32 Å². The molecule has 13 heteroatoms. The van der Waals surface area contributed by atoms with E-state index in [1.807, 2.05) is 13.8 Å². The zero-order valence-electron chi connectivity index (χ0n) is 24.0. The van der Waals surface area contributed by atoms with E-state index in [1.165, 1.54) is 43.3 Å². The van der Waals surface area contributed by atoms with E-state index in [0.717, 1.165) is 22.6 Å². The molecular formula is C30H32Cl2F3N3O4S. The standard InChI is InChI=1S/C30H32Cl2F3N3O4S/c1-19(2)16-36-29(40)21(4)37(17-22-10-11-24(31)15-27(22)32)28(39)18-38(25-7-5-6-23(14-25)30(33,34)35)43(41,42)26-12-8-20(3)9-13-26/h5-15,19,21H,16-18H2,1-4H3,(H,36,40). The molecule has 0 fully saturated rings. The average Bonchev–Trinajstić information content (AvgIpc) is 2.93. The minimum atomic E-state index is -4.76. The van der Waals surface area contributed by atoms with E-state index in [0.29, 0.717) is 27.5 Å². The number of aryl methyl sites for hydroxylation is 1. The Hall–Kier alpha value is -3.28. The number of amides is 2. The number of rotatable bonds is 11. The van der Waals surface area contributed by atoms with E-state index in [4.69, 9.17) is 23.2 Å². The number of benzene rings is 3. The van der Waals surface area contributed by atoms with E-state index in [1.54, 1.807) is 19.1 Å². The lowest BCUT2D eigenvalue weighted by molar-refractivity contribution is -0.139. The van der Waals surface area contributed by atoms with Crippen molar-refractivity contribution in [1.82, 2.24) is 10.2 Å². The van der Waals surface area contributed by atoms with E-state index in [-0.39, 0.29) is 28.1 Å². The van der Waals surface area contributed by atoms with Gasteiger partial charge < -0.3 is 10.2 Å². The highest BCUT2D eigenvalue weighted by molar-refractivity contribution is 7.92. The number of sulfonamides is 1. The molecule has 1 atom stereocenters. The fraction of sp³-hybridized carbons (Fsp3) is 0.333. The first-order valence-electron chi connectivity index (χ1n) is 13.3. The van der Waals surface area contributed by atoms with Crippen LogP contribution in [0.1, 0.15) is 37.5 Å². The van der Waals surface area contributed by atoms with E-state index in [9.17, 15) is 31.2 Å². The van der Waals surface area contributed by atoms with Crippen LogP contribution in [-0.4, -0.2) is 44.3 Å². The van der Waals surface area contributed by atoms with Crippen LogP contribution in [0.3, 0.4) is 0 Å². The molecule has 2 amide bonds. The van der Waals surface area contributed by atoms with Gasteiger partial charge in [-0.3, -0.25) is 13.9 Å². The second kappa shape index (κ2) is 14.0. The number of nitrogens with one attached hydrogen (secondary N) is 1. The summed E-state index contributed by atoms with van der Waals surface area (Å²) in [4.78, 5) is 27.9.